The van der Waals surface area contributed by atoms with Crippen molar-refractivity contribution in [2.75, 3.05) is 18.4 Å². The van der Waals surface area contributed by atoms with Crippen molar-refractivity contribution < 1.29 is 13.5 Å². The summed E-state index contributed by atoms with van der Waals surface area (Å²) in [5, 5.41) is 13.9. The minimum Gasteiger partial charge on any atom is -0.507 e. The van der Waals surface area contributed by atoms with E-state index >= 15 is 0 Å². The summed E-state index contributed by atoms with van der Waals surface area (Å²) in [5.41, 5.74) is 5.24. The Labute approximate surface area is 201 Å². The summed E-state index contributed by atoms with van der Waals surface area (Å²) in [5.74, 6) is -0.197. The monoisotopic (exact) mass is 477 g/mol. The quantitative estimate of drug-likeness (QED) is 0.548. The largest absolute Gasteiger partial charge is 0.507 e. The molecule has 0 aromatic heterocycles. The molecule has 7 heteroatoms. The molecule has 5 rings (SSSR count). The van der Waals surface area contributed by atoms with E-state index in [1.807, 2.05) is 13.0 Å². The van der Waals surface area contributed by atoms with Crippen LogP contribution in [0.2, 0.25) is 0 Å². The third-order valence-corrected chi connectivity index (χ3v) is 8.68. The van der Waals surface area contributed by atoms with Crippen LogP contribution in [-0.2, 0) is 29.7 Å². The number of aryl methyl sites for hydroxylation is 1. The number of hydrogen-bond acceptors (Lipinski definition) is 5. The molecule has 2 aliphatic heterocycles. The van der Waals surface area contributed by atoms with Gasteiger partial charge in [-0.15, -0.1) is 0 Å². The number of piperidine rings is 1. The van der Waals surface area contributed by atoms with E-state index < -0.39 is 10.0 Å². The normalized spacial score (nSPS) is 17.6. The summed E-state index contributed by atoms with van der Waals surface area (Å²) < 4.78 is 27.7. The Morgan fingerprint density at radius 2 is 1.68 bits per heavy atom. The SMILES string of the molecule is Cc1ccc(S(=O)(=O)N2Cc3ccc(NC4CCN(Cc5ccccc5)CC4)cc3C2)c(O)c1. The molecule has 6 nitrogen and oxygen atoms in total. The van der Waals surface area contributed by atoms with Crippen LogP contribution in [0.4, 0.5) is 5.69 Å². The fourth-order valence-electron chi connectivity index (χ4n) is 4.92. The van der Waals surface area contributed by atoms with Crippen LogP contribution in [0.25, 0.3) is 0 Å². The fraction of sp³-hybridized carbons (Fsp3) is 0.333. The van der Waals surface area contributed by atoms with Crippen LogP contribution < -0.4 is 5.32 Å². The van der Waals surface area contributed by atoms with Gasteiger partial charge in [0.1, 0.15) is 10.6 Å². The van der Waals surface area contributed by atoms with E-state index in [0.717, 1.165) is 54.9 Å². The number of benzene rings is 3. The van der Waals surface area contributed by atoms with Gasteiger partial charge < -0.3 is 10.4 Å². The van der Waals surface area contributed by atoms with Crippen LogP contribution in [0, 0.1) is 6.92 Å². The molecule has 0 spiro atoms. The maximum atomic E-state index is 13.1. The number of nitrogens with one attached hydrogen (secondary N) is 1. The Morgan fingerprint density at radius 3 is 2.41 bits per heavy atom. The van der Waals surface area contributed by atoms with E-state index in [4.69, 9.17) is 0 Å². The first-order chi connectivity index (χ1) is 16.4. The van der Waals surface area contributed by atoms with Gasteiger partial charge in [-0.05, 0) is 66.3 Å². The summed E-state index contributed by atoms with van der Waals surface area (Å²) in [6.45, 7) is 5.57. The number of likely N-dealkylation sites (tertiary alicyclic amines) is 1. The molecule has 0 atom stereocenters. The van der Waals surface area contributed by atoms with E-state index in [9.17, 15) is 13.5 Å². The zero-order chi connectivity index (χ0) is 23.7. The molecular formula is C27H31N3O3S. The molecule has 1 fully saturated rings. The number of anilines is 1. The van der Waals surface area contributed by atoms with E-state index in [0.29, 0.717) is 19.1 Å². The lowest BCUT2D eigenvalue weighted by molar-refractivity contribution is 0.211. The molecule has 0 aliphatic carbocycles. The van der Waals surface area contributed by atoms with Gasteiger partial charge in [0.2, 0.25) is 10.0 Å². The molecule has 178 valence electrons. The zero-order valence-electron chi connectivity index (χ0n) is 19.4. The van der Waals surface area contributed by atoms with Gasteiger partial charge in [-0.2, -0.15) is 4.31 Å². The minimum atomic E-state index is -3.77. The first-order valence-electron chi connectivity index (χ1n) is 11.8. The van der Waals surface area contributed by atoms with Crippen LogP contribution in [0.3, 0.4) is 0 Å². The molecule has 0 amide bonds. The van der Waals surface area contributed by atoms with Gasteiger partial charge in [-0.25, -0.2) is 8.42 Å². The second-order valence-corrected chi connectivity index (χ2v) is 11.3. The van der Waals surface area contributed by atoms with Gasteiger partial charge in [0.05, 0.1) is 0 Å². The summed E-state index contributed by atoms with van der Waals surface area (Å²) >= 11 is 0. The summed E-state index contributed by atoms with van der Waals surface area (Å²) in [7, 11) is -3.77. The van der Waals surface area contributed by atoms with Crippen molar-refractivity contribution in [3.63, 3.8) is 0 Å². The van der Waals surface area contributed by atoms with Gasteiger partial charge in [-0.3, -0.25) is 4.90 Å². The molecule has 0 bridgehead atoms. The number of fused-ring (bicyclic) bond motifs is 1. The van der Waals surface area contributed by atoms with Crippen molar-refractivity contribution >= 4 is 15.7 Å². The Kier molecular flexibility index (Phi) is 6.34. The smallest absolute Gasteiger partial charge is 0.247 e. The topological polar surface area (TPSA) is 72.9 Å². The molecule has 0 saturated carbocycles. The van der Waals surface area contributed by atoms with E-state index in [1.165, 1.54) is 22.0 Å². The molecule has 3 aromatic rings. The zero-order valence-corrected chi connectivity index (χ0v) is 20.3. The second-order valence-electron chi connectivity index (χ2n) is 9.41. The van der Waals surface area contributed by atoms with Crippen LogP contribution in [-0.4, -0.2) is 41.9 Å². The average Bonchev–Trinajstić information content (AvgIpc) is 3.25. The van der Waals surface area contributed by atoms with Crippen molar-refractivity contribution in [1.82, 2.24) is 9.21 Å². The fourth-order valence-corrected chi connectivity index (χ4v) is 6.38. The molecule has 2 heterocycles. The summed E-state index contributed by atoms with van der Waals surface area (Å²) in [6, 6.07) is 21.8. The lowest BCUT2D eigenvalue weighted by Crippen LogP contribution is -2.38. The standard InChI is InChI=1S/C27H31N3O3S/c1-20-7-10-27(26(31)15-20)34(32,33)30-18-22-8-9-25(16-23(22)19-30)28-24-11-13-29(14-12-24)17-21-5-3-2-4-6-21/h2-10,15-16,24,28,31H,11-14,17-19H2,1H3. The molecule has 1 saturated heterocycles. The number of nitrogens with zero attached hydrogens (tertiary/aromatic N) is 2. The second kappa shape index (κ2) is 9.41. The molecule has 0 unspecified atom stereocenters. The number of hydrogen-bond donors (Lipinski definition) is 2. The predicted octanol–water partition coefficient (Wildman–Crippen LogP) is 4.48. The predicted molar refractivity (Wildman–Crippen MR) is 134 cm³/mol. The highest BCUT2D eigenvalue weighted by Gasteiger charge is 2.32. The Hall–Kier alpha value is -2.87. The third-order valence-electron chi connectivity index (χ3n) is 6.84. The highest BCUT2D eigenvalue weighted by atomic mass is 32.2. The van der Waals surface area contributed by atoms with Crippen molar-refractivity contribution in [3.8, 4) is 5.75 Å². The number of sulfonamides is 1. The average molecular weight is 478 g/mol. The molecule has 3 aromatic carbocycles. The van der Waals surface area contributed by atoms with Crippen LogP contribution >= 0.6 is 0 Å². The Balaban J connectivity index is 1.20. The molecular weight excluding hydrogens is 446 g/mol. The van der Waals surface area contributed by atoms with Crippen molar-refractivity contribution in [2.24, 2.45) is 0 Å². The van der Waals surface area contributed by atoms with Gasteiger partial charge in [-0.1, -0.05) is 42.5 Å². The molecule has 34 heavy (non-hydrogen) atoms. The number of aromatic hydroxyl groups is 1. The van der Waals surface area contributed by atoms with E-state index in [-0.39, 0.29) is 10.6 Å². The lowest BCUT2D eigenvalue weighted by atomic mass is 10.0. The minimum absolute atomic E-state index is 0.0356. The highest BCUT2D eigenvalue weighted by molar-refractivity contribution is 7.89. The van der Waals surface area contributed by atoms with Gasteiger partial charge in [0.15, 0.2) is 0 Å². The highest BCUT2D eigenvalue weighted by Crippen LogP contribution is 2.34. The van der Waals surface area contributed by atoms with Crippen LogP contribution in [0.1, 0.15) is 35.1 Å². The van der Waals surface area contributed by atoms with E-state index in [2.05, 4.69) is 52.7 Å². The lowest BCUT2D eigenvalue weighted by Gasteiger charge is -2.33. The molecule has 2 N–H and O–H groups in total. The maximum absolute atomic E-state index is 13.1. The van der Waals surface area contributed by atoms with Gasteiger partial charge in [0, 0.05) is 44.5 Å². The van der Waals surface area contributed by atoms with Crippen LogP contribution in [0.5, 0.6) is 5.75 Å². The summed E-state index contributed by atoms with van der Waals surface area (Å²) in [4.78, 5) is 2.46. The Bertz CT molecular complexity index is 1270. The molecule has 0 radical (unpaired) electrons. The first kappa shape index (κ1) is 22.9. The van der Waals surface area contributed by atoms with Crippen molar-refractivity contribution in [3.05, 3.63) is 89.0 Å². The van der Waals surface area contributed by atoms with Crippen LogP contribution in [0.15, 0.2) is 71.6 Å². The molecule has 2 aliphatic rings. The van der Waals surface area contributed by atoms with Crippen molar-refractivity contribution in [2.45, 2.75) is 50.3 Å². The van der Waals surface area contributed by atoms with Gasteiger partial charge in [0.25, 0.3) is 0 Å². The first-order valence-corrected chi connectivity index (χ1v) is 13.3. The van der Waals surface area contributed by atoms with Gasteiger partial charge >= 0.3 is 0 Å². The van der Waals surface area contributed by atoms with E-state index in [1.54, 1.807) is 6.07 Å². The summed E-state index contributed by atoms with van der Waals surface area (Å²) in [6.07, 6.45) is 2.16. The maximum Gasteiger partial charge on any atom is 0.247 e. The Morgan fingerprint density at radius 1 is 0.941 bits per heavy atom. The number of phenolic OH excluding ortho intramolecular Hbond substituents is 1. The van der Waals surface area contributed by atoms with Crippen molar-refractivity contribution in [1.29, 1.82) is 0 Å². The number of phenols is 1. The third kappa shape index (κ3) is 4.82. The number of rotatable bonds is 6.